The highest BCUT2D eigenvalue weighted by atomic mass is 79.9. The van der Waals surface area contributed by atoms with Crippen LogP contribution < -0.4 is 4.74 Å². The van der Waals surface area contributed by atoms with Gasteiger partial charge in [-0.15, -0.1) is 0 Å². The number of rotatable bonds is 3. The van der Waals surface area contributed by atoms with E-state index in [4.69, 9.17) is 16.3 Å². The molecule has 0 saturated heterocycles. The zero-order valence-corrected chi connectivity index (χ0v) is 10.9. The number of hydrogen-bond donors (Lipinski definition) is 0. The van der Waals surface area contributed by atoms with Crippen molar-refractivity contribution >= 4 is 33.3 Å². The first-order valence-corrected chi connectivity index (χ1v) is 5.85. The SMILES string of the molecule is COc1c(C(=O)CBr)ccc(C(F)(F)F)c1Cl. The maximum absolute atomic E-state index is 12.5. The van der Waals surface area contributed by atoms with Gasteiger partial charge in [0, 0.05) is 0 Å². The van der Waals surface area contributed by atoms with Crippen molar-refractivity contribution in [2.45, 2.75) is 6.18 Å². The van der Waals surface area contributed by atoms with Crippen LogP contribution in [0.4, 0.5) is 13.2 Å². The number of ketones is 1. The zero-order valence-electron chi connectivity index (χ0n) is 8.57. The van der Waals surface area contributed by atoms with Gasteiger partial charge in [-0.05, 0) is 12.1 Å². The summed E-state index contributed by atoms with van der Waals surface area (Å²) in [5.41, 5.74) is -1.01. The second kappa shape index (κ2) is 5.27. The first-order chi connectivity index (χ1) is 7.82. The van der Waals surface area contributed by atoms with E-state index in [9.17, 15) is 18.0 Å². The summed E-state index contributed by atoms with van der Waals surface area (Å²) in [4.78, 5) is 11.4. The molecule has 0 N–H and O–H groups in total. The Kier molecular flexibility index (Phi) is 4.43. The van der Waals surface area contributed by atoms with Gasteiger partial charge in [0.2, 0.25) is 0 Å². The Morgan fingerprint density at radius 1 is 1.47 bits per heavy atom. The molecule has 0 unspecified atom stereocenters. The number of methoxy groups -OCH3 is 1. The van der Waals surface area contributed by atoms with E-state index < -0.39 is 22.5 Å². The number of Topliss-reactive ketones (excluding diaryl/α,β-unsaturated/α-hetero) is 1. The molecule has 2 nitrogen and oxygen atoms in total. The first kappa shape index (κ1) is 14.3. The van der Waals surface area contributed by atoms with Crippen molar-refractivity contribution in [1.82, 2.24) is 0 Å². The van der Waals surface area contributed by atoms with E-state index in [0.29, 0.717) is 0 Å². The lowest BCUT2D eigenvalue weighted by Crippen LogP contribution is -2.10. The van der Waals surface area contributed by atoms with Gasteiger partial charge >= 0.3 is 6.18 Å². The number of carbonyl (C=O) groups excluding carboxylic acids is 1. The van der Waals surface area contributed by atoms with E-state index >= 15 is 0 Å². The molecule has 1 aromatic carbocycles. The molecule has 0 fully saturated rings. The Morgan fingerprint density at radius 2 is 2.06 bits per heavy atom. The molecule has 1 aromatic rings. The number of benzene rings is 1. The third-order valence-electron chi connectivity index (χ3n) is 2.03. The molecule has 0 amide bonds. The lowest BCUT2D eigenvalue weighted by atomic mass is 10.1. The Morgan fingerprint density at radius 3 is 2.47 bits per heavy atom. The minimum absolute atomic E-state index is 0.0161. The third kappa shape index (κ3) is 2.93. The highest BCUT2D eigenvalue weighted by Gasteiger charge is 2.35. The second-order valence-corrected chi connectivity index (χ2v) is 4.00. The molecular formula is C10H7BrClF3O2. The molecular weight excluding hydrogens is 324 g/mol. The molecule has 0 saturated carbocycles. The van der Waals surface area contributed by atoms with Crippen LogP contribution in [0.3, 0.4) is 0 Å². The van der Waals surface area contributed by atoms with Gasteiger partial charge in [-0.25, -0.2) is 0 Å². The molecule has 0 spiro atoms. The van der Waals surface area contributed by atoms with E-state index in [1.165, 1.54) is 0 Å². The summed E-state index contributed by atoms with van der Waals surface area (Å²) in [6, 6.07) is 1.82. The summed E-state index contributed by atoms with van der Waals surface area (Å²) in [6.45, 7) is 0. The summed E-state index contributed by atoms with van der Waals surface area (Å²) < 4.78 is 42.4. The fourth-order valence-corrected chi connectivity index (χ4v) is 1.92. The van der Waals surface area contributed by atoms with Crippen molar-refractivity contribution in [3.63, 3.8) is 0 Å². The van der Waals surface area contributed by atoms with Crippen LogP contribution in [0.2, 0.25) is 5.02 Å². The normalized spacial score (nSPS) is 11.4. The van der Waals surface area contributed by atoms with Crippen molar-refractivity contribution in [1.29, 1.82) is 0 Å². The van der Waals surface area contributed by atoms with Crippen molar-refractivity contribution < 1.29 is 22.7 Å². The predicted octanol–water partition coefficient (Wildman–Crippen LogP) is 3.95. The monoisotopic (exact) mass is 330 g/mol. The van der Waals surface area contributed by atoms with Crippen LogP contribution in [0.25, 0.3) is 0 Å². The van der Waals surface area contributed by atoms with Crippen molar-refractivity contribution in [2.24, 2.45) is 0 Å². The molecule has 1 rings (SSSR count). The van der Waals surface area contributed by atoms with Crippen LogP contribution in [0.1, 0.15) is 15.9 Å². The maximum Gasteiger partial charge on any atom is 0.417 e. The van der Waals surface area contributed by atoms with Gasteiger partial charge < -0.3 is 4.74 Å². The Labute approximate surface area is 109 Å². The predicted molar refractivity (Wildman–Crippen MR) is 61.1 cm³/mol. The van der Waals surface area contributed by atoms with Crippen LogP contribution in [-0.2, 0) is 6.18 Å². The van der Waals surface area contributed by atoms with E-state index in [1.54, 1.807) is 0 Å². The molecule has 0 bridgehead atoms. The lowest BCUT2D eigenvalue weighted by Gasteiger charge is -2.14. The van der Waals surface area contributed by atoms with Crippen molar-refractivity contribution in [3.8, 4) is 5.75 Å². The van der Waals surface area contributed by atoms with Crippen LogP contribution in [0.5, 0.6) is 5.75 Å². The van der Waals surface area contributed by atoms with Crippen LogP contribution in [0, 0.1) is 0 Å². The Hall–Kier alpha value is -0.750. The van der Waals surface area contributed by atoms with Gasteiger partial charge in [0.15, 0.2) is 5.78 Å². The van der Waals surface area contributed by atoms with Gasteiger partial charge in [-0.2, -0.15) is 13.2 Å². The quantitative estimate of drug-likeness (QED) is 0.619. The maximum atomic E-state index is 12.5. The summed E-state index contributed by atoms with van der Waals surface area (Å²) in [6.07, 6.45) is -4.58. The van der Waals surface area contributed by atoms with E-state index in [0.717, 1.165) is 19.2 Å². The average molecular weight is 332 g/mol. The van der Waals surface area contributed by atoms with E-state index in [-0.39, 0.29) is 16.6 Å². The molecule has 0 aromatic heterocycles. The van der Waals surface area contributed by atoms with Gasteiger partial charge in [0.1, 0.15) is 5.75 Å². The minimum atomic E-state index is -4.58. The fourth-order valence-electron chi connectivity index (χ4n) is 1.27. The Balaban J connectivity index is 3.43. The van der Waals surface area contributed by atoms with E-state index in [1.807, 2.05) is 0 Å². The molecule has 0 aliphatic heterocycles. The molecule has 17 heavy (non-hydrogen) atoms. The molecule has 7 heteroatoms. The van der Waals surface area contributed by atoms with Crippen molar-refractivity contribution in [2.75, 3.05) is 12.4 Å². The summed E-state index contributed by atoms with van der Waals surface area (Å²) in [5.74, 6) is -0.664. The molecule has 0 atom stereocenters. The number of ether oxygens (including phenoxy) is 1. The molecule has 94 valence electrons. The molecule has 0 radical (unpaired) electrons. The van der Waals surface area contributed by atoms with Crippen molar-refractivity contribution in [3.05, 3.63) is 28.3 Å². The third-order valence-corrected chi connectivity index (χ3v) is 2.91. The van der Waals surface area contributed by atoms with Gasteiger partial charge in [0.25, 0.3) is 0 Å². The summed E-state index contributed by atoms with van der Waals surface area (Å²) >= 11 is 8.51. The summed E-state index contributed by atoms with van der Waals surface area (Å²) in [7, 11) is 1.16. The zero-order chi connectivity index (χ0) is 13.2. The lowest BCUT2D eigenvalue weighted by molar-refractivity contribution is -0.137. The Bertz CT molecular complexity index is 446. The topological polar surface area (TPSA) is 26.3 Å². The largest absolute Gasteiger partial charge is 0.494 e. The van der Waals surface area contributed by atoms with Gasteiger partial charge in [-0.1, -0.05) is 27.5 Å². The number of alkyl halides is 4. The molecule has 0 aliphatic rings. The molecule has 0 aliphatic carbocycles. The summed E-state index contributed by atoms with van der Waals surface area (Å²) in [5, 5.41) is -0.628. The van der Waals surface area contributed by atoms with Gasteiger partial charge in [-0.3, -0.25) is 4.79 Å². The molecule has 0 heterocycles. The first-order valence-electron chi connectivity index (χ1n) is 4.35. The van der Waals surface area contributed by atoms with E-state index in [2.05, 4.69) is 15.9 Å². The highest BCUT2D eigenvalue weighted by Crippen LogP contribution is 2.41. The number of carbonyl (C=O) groups is 1. The van der Waals surface area contributed by atoms with Gasteiger partial charge in [0.05, 0.1) is 28.6 Å². The second-order valence-electron chi connectivity index (χ2n) is 3.06. The number of halogens is 5. The average Bonchev–Trinajstić information content (AvgIpc) is 2.25. The highest BCUT2D eigenvalue weighted by molar-refractivity contribution is 9.09. The van der Waals surface area contributed by atoms with Crippen LogP contribution >= 0.6 is 27.5 Å². The standard InChI is InChI=1S/C10H7BrClF3O2/c1-17-9-5(7(16)4-11)2-3-6(8(9)12)10(13,14)15/h2-3H,4H2,1H3. The smallest absolute Gasteiger partial charge is 0.417 e. The van der Waals surface area contributed by atoms with Crippen LogP contribution in [-0.4, -0.2) is 18.2 Å². The fraction of sp³-hybridized carbons (Fsp3) is 0.300. The number of hydrogen-bond acceptors (Lipinski definition) is 2. The minimum Gasteiger partial charge on any atom is -0.494 e. The van der Waals surface area contributed by atoms with Crippen LogP contribution in [0.15, 0.2) is 12.1 Å².